The Hall–Kier alpha value is -1.56. The minimum atomic E-state index is -3.56. The molecule has 0 heterocycles. The zero-order valence-electron chi connectivity index (χ0n) is 11.5. The van der Waals surface area contributed by atoms with E-state index in [4.69, 9.17) is 16.7 Å². The van der Waals surface area contributed by atoms with Gasteiger partial charge in [-0.15, -0.1) is 0 Å². The summed E-state index contributed by atoms with van der Waals surface area (Å²) in [4.78, 5) is 0. The predicted octanol–water partition coefficient (Wildman–Crippen LogP) is 3.08. The third-order valence-electron chi connectivity index (χ3n) is 2.92. The smallest absolute Gasteiger partial charge is 0.236 e. The molecule has 0 saturated heterocycles. The number of sulfonamides is 1. The molecule has 4 nitrogen and oxygen atoms in total. The Balaban J connectivity index is 2.18. The summed E-state index contributed by atoms with van der Waals surface area (Å²) in [5, 5.41) is 9.44. The molecule has 0 aliphatic carbocycles. The second-order valence-electron chi connectivity index (χ2n) is 4.82. The van der Waals surface area contributed by atoms with E-state index in [0.717, 1.165) is 5.56 Å². The summed E-state index contributed by atoms with van der Waals surface area (Å²) < 4.78 is 26.8. The van der Waals surface area contributed by atoms with Gasteiger partial charge in [-0.05, 0) is 35.7 Å². The summed E-state index contributed by atoms with van der Waals surface area (Å²) in [5.74, 6) is -0.176. The minimum Gasteiger partial charge on any atom is -0.392 e. The quantitative estimate of drug-likeness (QED) is 0.887. The van der Waals surface area contributed by atoms with E-state index in [9.17, 15) is 8.42 Å². The fourth-order valence-corrected chi connectivity index (χ4v) is 3.49. The van der Waals surface area contributed by atoms with Crippen LogP contribution >= 0.6 is 11.6 Å². The number of aryl methyl sites for hydroxylation is 1. The summed E-state index contributed by atoms with van der Waals surface area (Å²) in [6, 6.07) is 11.9. The molecule has 2 rings (SSSR count). The topological polar surface area (TPSA) is 66.4 Å². The first-order valence-corrected chi connectivity index (χ1v) is 8.38. The van der Waals surface area contributed by atoms with Crippen molar-refractivity contribution in [2.24, 2.45) is 0 Å². The van der Waals surface area contributed by atoms with Gasteiger partial charge in [-0.25, -0.2) is 8.42 Å². The van der Waals surface area contributed by atoms with Gasteiger partial charge in [0.2, 0.25) is 10.0 Å². The molecule has 2 N–H and O–H groups in total. The van der Waals surface area contributed by atoms with Crippen LogP contribution in [0.1, 0.15) is 16.7 Å². The second kappa shape index (κ2) is 6.47. The van der Waals surface area contributed by atoms with Crippen LogP contribution in [0.2, 0.25) is 5.02 Å². The number of hydrogen-bond acceptors (Lipinski definition) is 3. The van der Waals surface area contributed by atoms with Gasteiger partial charge in [-0.3, -0.25) is 4.72 Å². The Morgan fingerprint density at radius 2 is 1.86 bits per heavy atom. The normalized spacial score (nSPS) is 11.4. The maximum Gasteiger partial charge on any atom is 0.236 e. The maximum absolute atomic E-state index is 12.2. The summed E-state index contributed by atoms with van der Waals surface area (Å²) in [6.45, 7) is 1.76. The number of aliphatic hydroxyl groups is 1. The number of anilines is 1. The molecule has 6 heteroatoms. The third kappa shape index (κ3) is 4.46. The molecule has 0 radical (unpaired) electrons. The molecule has 0 aliphatic rings. The fourth-order valence-electron chi connectivity index (χ4n) is 1.94. The standard InChI is InChI=1S/C15H16ClNO3S/c1-11-5-6-15(14(16)7-11)17-21(19,20)10-13-4-2-3-12(8-13)9-18/h2-8,17-18H,9-10H2,1H3. The van der Waals surface area contributed by atoms with Gasteiger partial charge in [-0.2, -0.15) is 0 Å². The van der Waals surface area contributed by atoms with Crippen LogP contribution in [0.5, 0.6) is 0 Å². The molecule has 0 aromatic heterocycles. The van der Waals surface area contributed by atoms with Crippen LogP contribution in [-0.2, 0) is 22.4 Å². The van der Waals surface area contributed by atoms with Gasteiger partial charge in [0, 0.05) is 0 Å². The zero-order chi connectivity index (χ0) is 15.5. The fraction of sp³-hybridized carbons (Fsp3) is 0.200. The predicted molar refractivity (Wildman–Crippen MR) is 84.8 cm³/mol. The van der Waals surface area contributed by atoms with Crippen molar-refractivity contribution in [3.63, 3.8) is 0 Å². The summed E-state index contributed by atoms with van der Waals surface area (Å²) in [7, 11) is -3.56. The van der Waals surface area contributed by atoms with E-state index in [2.05, 4.69) is 4.72 Å². The van der Waals surface area contributed by atoms with Gasteiger partial charge in [0.15, 0.2) is 0 Å². The highest BCUT2D eigenvalue weighted by atomic mass is 35.5. The van der Waals surface area contributed by atoms with Gasteiger partial charge in [0.25, 0.3) is 0 Å². The average molecular weight is 326 g/mol. The van der Waals surface area contributed by atoms with Crippen molar-refractivity contribution in [2.75, 3.05) is 4.72 Å². The van der Waals surface area contributed by atoms with Crippen LogP contribution in [0, 0.1) is 6.92 Å². The van der Waals surface area contributed by atoms with E-state index >= 15 is 0 Å². The van der Waals surface area contributed by atoms with Gasteiger partial charge in [0.05, 0.1) is 23.1 Å². The van der Waals surface area contributed by atoms with Crippen molar-refractivity contribution < 1.29 is 13.5 Å². The molecular weight excluding hydrogens is 310 g/mol. The monoisotopic (exact) mass is 325 g/mol. The molecule has 0 atom stereocenters. The molecule has 0 spiro atoms. The minimum absolute atomic E-state index is 0.120. The van der Waals surface area contributed by atoms with E-state index in [-0.39, 0.29) is 12.4 Å². The Bertz CT molecular complexity index is 744. The Labute approximate surface area is 129 Å². The van der Waals surface area contributed by atoms with Crippen LogP contribution in [0.25, 0.3) is 0 Å². The molecule has 0 fully saturated rings. The Kier molecular flexibility index (Phi) is 4.88. The largest absolute Gasteiger partial charge is 0.392 e. The average Bonchev–Trinajstić information content (AvgIpc) is 2.41. The van der Waals surface area contributed by atoms with Crippen molar-refractivity contribution >= 4 is 27.3 Å². The van der Waals surface area contributed by atoms with Crippen LogP contribution in [-0.4, -0.2) is 13.5 Å². The van der Waals surface area contributed by atoms with Crippen molar-refractivity contribution in [1.82, 2.24) is 0 Å². The van der Waals surface area contributed by atoms with Crippen molar-refractivity contribution in [1.29, 1.82) is 0 Å². The number of nitrogens with one attached hydrogen (secondary N) is 1. The van der Waals surface area contributed by atoms with Gasteiger partial charge < -0.3 is 5.11 Å². The van der Waals surface area contributed by atoms with Gasteiger partial charge in [0.1, 0.15) is 0 Å². The molecule has 0 saturated carbocycles. The number of hydrogen-bond donors (Lipinski definition) is 2. The number of halogens is 1. The molecule has 2 aromatic carbocycles. The molecule has 0 aliphatic heterocycles. The van der Waals surface area contributed by atoms with Gasteiger partial charge in [-0.1, -0.05) is 41.9 Å². The molecule has 0 unspecified atom stereocenters. The summed E-state index contributed by atoms with van der Waals surface area (Å²) in [5.41, 5.74) is 2.60. The van der Waals surface area contributed by atoms with Crippen molar-refractivity contribution in [2.45, 2.75) is 19.3 Å². The number of benzene rings is 2. The maximum atomic E-state index is 12.2. The molecule has 2 aromatic rings. The Morgan fingerprint density at radius 3 is 2.52 bits per heavy atom. The highest BCUT2D eigenvalue weighted by Gasteiger charge is 2.14. The summed E-state index contributed by atoms with van der Waals surface area (Å²) >= 11 is 6.03. The van der Waals surface area contributed by atoms with E-state index in [1.54, 1.807) is 42.5 Å². The lowest BCUT2D eigenvalue weighted by Gasteiger charge is -2.10. The third-order valence-corrected chi connectivity index (χ3v) is 4.48. The van der Waals surface area contributed by atoms with Crippen molar-refractivity contribution in [3.8, 4) is 0 Å². The van der Waals surface area contributed by atoms with Gasteiger partial charge >= 0.3 is 0 Å². The van der Waals surface area contributed by atoms with Crippen LogP contribution < -0.4 is 4.72 Å². The molecule has 0 amide bonds. The highest BCUT2D eigenvalue weighted by Crippen LogP contribution is 2.24. The zero-order valence-corrected chi connectivity index (χ0v) is 13.1. The number of rotatable bonds is 5. The Morgan fingerprint density at radius 1 is 1.14 bits per heavy atom. The SMILES string of the molecule is Cc1ccc(NS(=O)(=O)Cc2cccc(CO)c2)c(Cl)c1. The first-order chi connectivity index (χ1) is 9.89. The lowest BCUT2D eigenvalue weighted by atomic mass is 10.1. The lowest BCUT2D eigenvalue weighted by Crippen LogP contribution is -2.15. The first-order valence-electron chi connectivity index (χ1n) is 6.35. The summed E-state index contributed by atoms with van der Waals surface area (Å²) in [6.07, 6.45) is 0. The highest BCUT2D eigenvalue weighted by molar-refractivity contribution is 7.91. The van der Waals surface area contributed by atoms with Crippen LogP contribution in [0.4, 0.5) is 5.69 Å². The second-order valence-corrected chi connectivity index (χ2v) is 6.95. The first kappa shape index (κ1) is 15.8. The van der Waals surface area contributed by atoms with Crippen molar-refractivity contribution in [3.05, 3.63) is 64.2 Å². The molecular formula is C15H16ClNO3S. The lowest BCUT2D eigenvalue weighted by molar-refractivity contribution is 0.282. The van der Waals surface area contributed by atoms with E-state index < -0.39 is 10.0 Å². The number of aliphatic hydroxyl groups excluding tert-OH is 1. The van der Waals surface area contributed by atoms with Crippen LogP contribution in [0.15, 0.2) is 42.5 Å². The van der Waals surface area contributed by atoms with Crippen LogP contribution in [0.3, 0.4) is 0 Å². The molecule has 112 valence electrons. The van der Waals surface area contributed by atoms with E-state index in [0.29, 0.717) is 21.8 Å². The van der Waals surface area contributed by atoms with E-state index in [1.807, 2.05) is 6.92 Å². The molecule has 0 bridgehead atoms. The van der Waals surface area contributed by atoms with E-state index in [1.165, 1.54) is 0 Å². The molecule has 21 heavy (non-hydrogen) atoms.